The fourth-order valence-electron chi connectivity index (χ4n) is 5.06. The third-order valence-corrected chi connectivity index (χ3v) is 7.09. The molecule has 2 unspecified atom stereocenters. The SMILES string of the molecule is COc1c(N2CCN(C(=O)C(N)CCCCN)C(C)C2)c(F)cc2c(=O)c(C(=O)O)cn(C3CC3)c12. The Hall–Kier alpha value is -3.18. The van der Waals surface area contributed by atoms with Crippen LogP contribution < -0.4 is 26.5 Å². The van der Waals surface area contributed by atoms with Crippen molar-refractivity contribution in [2.75, 3.05) is 38.2 Å². The standard InChI is InChI=1S/C25H34FN5O5/c1-14-12-29(9-10-30(14)24(33)19(28)5-3-4-8-27)21-18(26)11-16-20(23(21)36-2)31(15-6-7-15)13-17(22(16)32)25(34)35/h11,13-15,19H,3-10,12,27-28H2,1-2H3,(H,34,35). The molecule has 2 aliphatic rings. The van der Waals surface area contributed by atoms with Gasteiger partial charge in [-0.15, -0.1) is 0 Å². The molecule has 2 aromatic rings. The number of nitrogens with two attached hydrogens (primary N) is 2. The van der Waals surface area contributed by atoms with Crippen LogP contribution in [0.1, 0.15) is 55.4 Å². The summed E-state index contributed by atoms with van der Waals surface area (Å²) >= 11 is 0. The van der Waals surface area contributed by atoms with E-state index in [9.17, 15) is 19.5 Å². The molecule has 2 heterocycles. The predicted molar refractivity (Wildman–Crippen MR) is 134 cm³/mol. The summed E-state index contributed by atoms with van der Waals surface area (Å²) in [5.41, 5.74) is 11.1. The highest BCUT2D eigenvalue weighted by molar-refractivity contribution is 5.97. The lowest BCUT2D eigenvalue weighted by molar-refractivity contribution is -0.135. The third-order valence-electron chi connectivity index (χ3n) is 7.09. The van der Waals surface area contributed by atoms with Crippen molar-refractivity contribution in [3.8, 4) is 5.75 Å². The number of nitrogens with zero attached hydrogens (tertiary/aromatic N) is 3. The number of carbonyl (C=O) groups is 2. The number of aromatic nitrogens is 1. The van der Waals surface area contributed by atoms with E-state index < -0.39 is 28.8 Å². The number of fused-ring (bicyclic) bond motifs is 1. The zero-order chi connectivity index (χ0) is 26.1. The van der Waals surface area contributed by atoms with E-state index in [1.165, 1.54) is 13.3 Å². The Balaban J connectivity index is 1.68. The topological polar surface area (TPSA) is 144 Å². The number of aromatic carboxylic acids is 1. The van der Waals surface area contributed by atoms with Gasteiger partial charge in [-0.1, -0.05) is 6.42 Å². The Bertz CT molecular complexity index is 1230. The van der Waals surface area contributed by atoms with Crippen LogP contribution in [-0.4, -0.2) is 71.8 Å². The molecule has 11 heteroatoms. The Morgan fingerprint density at radius 1 is 1.28 bits per heavy atom. The van der Waals surface area contributed by atoms with Crippen LogP contribution in [0.15, 0.2) is 17.1 Å². The number of carbonyl (C=O) groups excluding carboxylic acids is 1. The Morgan fingerprint density at radius 2 is 2.00 bits per heavy atom. The van der Waals surface area contributed by atoms with Gasteiger partial charge < -0.3 is 35.7 Å². The van der Waals surface area contributed by atoms with Crippen molar-refractivity contribution >= 4 is 28.5 Å². The summed E-state index contributed by atoms with van der Waals surface area (Å²) in [5, 5.41) is 9.49. The number of amides is 1. The number of ether oxygens (including phenoxy) is 1. The van der Waals surface area contributed by atoms with Crippen LogP contribution in [0.2, 0.25) is 0 Å². The third kappa shape index (κ3) is 4.77. The molecular formula is C25H34FN5O5. The first-order chi connectivity index (χ1) is 17.2. The minimum Gasteiger partial charge on any atom is -0.492 e. The molecule has 4 rings (SSSR count). The second-order valence-electron chi connectivity index (χ2n) is 9.67. The molecule has 1 aromatic carbocycles. The summed E-state index contributed by atoms with van der Waals surface area (Å²) in [4.78, 5) is 41.0. The molecule has 5 N–H and O–H groups in total. The zero-order valence-electron chi connectivity index (χ0n) is 20.7. The van der Waals surface area contributed by atoms with Gasteiger partial charge in [0, 0.05) is 37.9 Å². The number of unbranched alkanes of at least 4 members (excludes halogenated alkanes) is 1. The minimum absolute atomic E-state index is 0.0209. The van der Waals surface area contributed by atoms with Crippen molar-refractivity contribution < 1.29 is 23.8 Å². The van der Waals surface area contributed by atoms with Crippen LogP contribution in [0.4, 0.5) is 10.1 Å². The van der Waals surface area contributed by atoms with E-state index in [-0.39, 0.29) is 34.8 Å². The molecule has 1 aliphatic carbocycles. The second-order valence-corrected chi connectivity index (χ2v) is 9.67. The zero-order valence-corrected chi connectivity index (χ0v) is 20.7. The van der Waals surface area contributed by atoms with E-state index in [2.05, 4.69) is 0 Å². The summed E-state index contributed by atoms with van der Waals surface area (Å²) in [6.07, 6.45) is 5.15. The van der Waals surface area contributed by atoms with Crippen molar-refractivity contribution in [2.24, 2.45) is 11.5 Å². The molecule has 2 atom stereocenters. The van der Waals surface area contributed by atoms with Gasteiger partial charge >= 0.3 is 5.97 Å². The van der Waals surface area contributed by atoms with Gasteiger partial charge in [-0.25, -0.2) is 9.18 Å². The number of carboxylic acid groups (broad SMARTS) is 1. The largest absolute Gasteiger partial charge is 0.492 e. The minimum atomic E-state index is -1.35. The summed E-state index contributed by atoms with van der Waals surface area (Å²) in [6.45, 7) is 3.51. The molecule has 0 bridgehead atoms. The van der Waals surface area contributed by atoms with E-state index in [0.29, 0.717) is 38.1 Å². The Labute approximate surface area is 208 Å². The van der Waals surface area contributed by atoms with Crippen molar-refractivity contribution in [1.29, 1.82) is 0 Å². The molecule has 1 aromatic heterocycles. The Morgan fingerprint density at radius 3 is 2.58 bits per heavy atom. The van der Waals surface area contributed by atoms with Crippen LogP contribution in [0.5, 0.6) is 5.75 Å². The summed E-state index contributed by atoms with van der Waals surface area (Å²) < 4.78 is 23.0. The fourth-order valence-corrected chi connectivity index (χ4v) is 5.06. The normalized spacial score (nSPS) is 19.0. The number of piperazine rings is 1. The number of hydrogen-bond acceptors (Lipinski definition) is 7. The number of methoxy groups -OCH3 is 1. The lowest BCUT2D eigenvalue weighted by Crippen LogP contribution is -2.57. The van der Waals surface area contributed by atoms with Gasteiger partial charge in [-0.05, 0) is 45.2 Å². The van der Waals surface area contributed by atoms with Crippen molar-refractivity contribution in [1.82, 2.24) is 9.47 Å². The smallest absolute Gasteiger partial charge is 0.341 e. The summed E-state index contributed by atoms with van der Waals surface area (Å²) in [7, 11) is 1.41. The fraction of sp³-hybridized carbons (Fsp3) is 0.560. The highest BCUT2D eigenvalue weighted by Gasteiger charge is 2.35. The van der Waals surface area contributed by atoms with Crippen LogP contribution in [0.3, 0.4) is 0 Å². The highest BCUT2D eigenvalue weighted by atomic mass is 19.1. The van der Waals surface area contributed by atoms with Gasteiger partial charge in [0.25, 0.3) is 0 Å². The maximum absolute atomic E-state index is 15.6. The number of hydrogen-bond donors (Lipinski definition) is 3. The molecule has 1 aliphatic heterocycles. The highest BCUT2D eigenvalue weighted by Crippen LogP contribution is 2.44. The predicted octanol–water partition coefficient (Wildman–Crippen LogP) is 1.68. The lowest BCUT2D eigenvalue weighted by Gasteiger charge is -2.42. The maximum atomic E-state index is 15.6. The molecule has 196 valence electrons. The first-order valence-corrected chi connectivity index (χ1v) is 12.4. The van der Waals surface area contributed by atoms with Gasteiger partial charge in [0.05, 0.1) is 24.1 Å². The number of halogens is 1. The molecule has 0 spiro atoms. The monoisotopic (exact) mass is 503 g/mol. The lowest BCUT2D eigenvalue weighted by atomic mass is 10.0. The van der Waals surface area contributed by atoms with Gasteiger partial charge in [-0.3, -0.25) is 9.59 Å². The number of rotatable bonds is 9. The van der Waals surface area contributed by atoms with E-state index in [0.717, 1.165) is 31.7 Å². The maximum Gasteiger partial charge on any atom is 0.341 e. The van der Waals surface area contributed by atoms with Crippen LogP contribution in [0.25, 0.3) is 10.9 Å². The molecule has 36 heavy (non-hydrogen) atoms. The molecule has 10 nitrogen and oxygen atoms in total. The molecule has 0 radical (unpaired) electrons. The molecule has 1 saturated heterocycles. The number of carboxylic acids is 1. The van der Waals surface area contributed by atoms with E-state index >= 15 is 4.39 Å². The molecular weight excluding hydrogens is 469 g/mol. The molecule has 1 saturated carbocycles. The molecule has 2 fully saturated rings. The molecule has 1 amide bonds. The van der Waals surface area contributed by atoms with Crippen LogP contribution in [0, 0.1) is 5.82 Å². The second kappa shape index (κ2) is 10.4. The van der Waals surface area contributed by atoms with Crippen LogP contribution in [-0.2, 0) is 4.79 Å². The van der Waals surface area contributed by atoms with Crippen molar-refractivity contribution in [3.63, 3.8) is 0 Å². The average Bonchev–Trinajstić information content (AvgIpc) is 3.68. The van der Waals surface area contributed by atoms with Crippen molar-refractivity contribution in [2.45, 2.75) is 57.2 Å². The first kappa shape index (κ1) is 25.9. The number of pyridine rings is 1. The number of benzene rings is 1. The number of anilines is 1. The van der Waals surface area contributed by atoms with E-state index in [1.54, 1.807) is 9.47 Å². The van der Waals surface area contributed by atoms with E-state index in [4.69, 9.17) is 16.2 Å². The quantitative estimate of drug-likeness (QED) is 0.439. The average molecular weight is 504 g/mol. The van der Waals surface area contributed by atoms with Gasteiger partial charge in [-0.2, -0.15) is 0 Å². The van der Waals surface area contributed by atoms with Gasteiger partial charge in [0.15, 0.2) is 11.6 Å². The van der Waals surface area contributed by atoms with Gasteiger partial charge in [0.2, 0.25) is 11.3 Å². The van der Waals surface area contributed by atoms with Crippen molar-refractivity contribution in [3.05, 3.63) is 33.9 Å². The van der Waals surface area contributed by atoms with Crippen LogP contribution >= 0.6 is 0 Å². The van der Waals surface area contributed by atoms with E-state index in [1.807, 2.05) is 11.8 Å². The van der Waals surface area contributed by atoms with Gasteiger partial charge in [0.1, 0.15) is 11.3 Å². The summed E-state index contributed by atoms with van der Waals surface area (Å²) in [5.74, 6) is -1.97. The summed E-state index contributed by atoms with van der Waals surface area (Å²) in [6, 6.07) is 0.296. The Kier molecular flexibility index (Phi) is 7.51. The first-order valence-electron chi connectivity index (χ1n) is 12.4.